The third kappa shape index (κ3) is 8.99. The van der Waals surface area contributed by atoms with Crippen molar-refractivity contribution in [1.29, 1.82) is 0 Å². The summed E-state index contributed by atoms with van der Waals surface area (Å²) in [4.78, 5) is 9.40. The minimum Gasteiger partial charge on any atom is -0.303 e. The molecule has 0 aromatic rings. The standard InChI is InChI=1S/C4H8O.H2S/c1-2-3-4-5;/h4H,2-3H2,1H3;1H2. The molecule has 0 spiro atoms. The van der Waals surface area contributed by atoms with Crippen LogP contribution in [0.1, 0.15) is 19.8 Å². The van der Waals surface area contributed by atoms with Crippen molar-refractivity contribution in [2.75, 3.05) is 0 Å². The van der Waals surface area contributed by atoms with E-state index in [0.717, 1.165) is 12.7 Å². The zero-order valence-electron chi connectivity index (χ0n) is 3.90. The van der Waals surface area contributed by atoms with E-state index in [1.807, 2.05) is 6.92 Å². The van der Waals surface area contributed by atoms with Gasteiger partial charge in [0.15, 0.2) is 0 Å². The number of hydrogen-bond donors (Lipinski definition) is 0. The normalized spacial score (nSPS) is 6.17. The van der Waals surface area contributed by atoms with Gasteiger partial charge in [-0.25, -0.2) is 0 Å². The fraction of sp³-hybridized carbons (Fsp3) is 0.750. The Balaban J connectivity index is 0. The van der Waals surface area contributed by atoms with E-state index in [1.54, 1.807) is 0 Å². The number of hydrogen-bond acceptors (Lipinski definition) is 1. The lowest BCUT2D eigenvalue weighted by molar-refractivity contribution is -0.107. The van der Waals surface area contributed by atoms with Crippen LogP contribution >= 0.6 is 13.5 Å². The van der Waals surface area contributed by atoms with Gasteiger partial charge < -0.3 is 4.79 Å². The molecule has 0 aromatic heterocycles. The van der Waals surface area contributed by atoms with Crippen molar-refractivity contribution in [3.63, 3.8) is 0 Å². The molecule has 0 N–H and O–H groups in total. The van der Waals surface area contributed by atoms with E-state index in [4.69, 9.17) is 0 Å². The molecular formula is C4H10OS. The summed E-state index contributed by atoms with van der Waals surface area (Å²) in [6, 6.07) is 0. The van der Waals surface area contributed by atoms with Gasteiger partial charge in [0.25, 0.3) is 0 Å². The van der Waals surface area contributed by atoms with Crippen LogP contribution in [-0.4, -0.2) is 6.29 Å². The quantitative estimate of drug-likeness (QED) is 0.482. The maximum absolute atomic E-state index is 9.40. The molecule has 2 heteroatoms. The Morgan fingerprint density at radius 2 is 2.17 bits per heavy atom. The van der Waals surface area contributed by atoms with Crippen LogP contribution < -0.4 is 0 Å². The number of unbranched alkanes of at least 4 members (excludes halogenated alkanes) is 1. The average Bonchev–Trinajstić information content (AvgIpc) is 1.41. The largest absolute Gasteiger partial charge is 0.303 e. The summed E-state index contributed by atoms with van der Waals surface area (Å²) in [6.07, 6.45) is 2.61. The molecule has 1 nitrogen and oxygen atoms in total. The van der Waals surface area contributed by atoms with Crippen LogP contribution in [0, 0.1) is 0 Å². The van der Waals surface area contributed by atoms with Gasteiger partial charge in [-0.3, -0.25) is 0 Å². The van der Waals surface area contributed by atoms with Crippen LogP contribution in [0.4, 0.5) is 0 Å². The first-order valence-electron chi connectivity index (χ1n) is 1.85. The van der Waals surface area contributed by atoms with Crippen molar-refractivity contribution in [2.45, 2.75) is 19.8 Å². The number of aldehydes is 1. The molecule has 0 unspecified atom stereocenters. The molecule has 0 fully saturated rings. The third-order valence-corrected chi connectivity index (χ3v) is 0.407. The van der Waals surface area contributed by atoms with Gasteiger partial charge in [0.2, 0.25) is 0 Å². The third-order valence-electron chi connectivity index (χ3n) is 0.407. The molecule has 0 rings (SSSR count). The highest BCUT2D eigenvalue weighted by Crippen LogP contribution is 1.74. The van der Waals surface area contributed by atoms with E-state index in [0.29, 0.717) is 6.42 Å². The molecule has 6 heavy (non-hydrogen) atoms. The molecular weight excluding hydrogens is 96.1 g/mol. The Morgan fingerprint density at radius 3 is 2.17 bits per heavy atom. The Labute approximate surface area is 45.2 Å². The lowest BCUT2D eigenvalue weighted by atomic mass is 10.4. The van der Waals surface area contributed by atoms with E-state index < -0.39 is 0 Å². The molecule has 0 amide bonds. The van der Waals surface area contributed by atoms with Gasteiger partial charge in [-0.15, -0.1) is 0 Å². The summed E-state index contributed by atoms with van der Waals surface area (Å²) in [5.74, 6) is 0. The maximum atomic E-state index is 9.40. The van der Waals surface area contributed by atoms with Gasteiger partial charge in [0, 0.05) is 6.42 Å². The van der Waals surface area contributed by atoms with Gasteiger partial charge in [-0.05, 0) is 6.42 Å². The van der Waals surface area contributed by atoms with Crippen LogP contribution in [-0.2, 0) is 4.79 Å². The van der Waals surface area contributed by atoms with Crippen LogP contribution in [0.25, 0.3) is 0 Å². The zero-order valence-corrected chi connectivity index (χ0v) is 4.90. The van der Waals surface area contributed by atoms with Gasteiger partial charge in [-0.2, -0.15) is 13.5 Å². The van der Waals surface area contributed by atoms with Gasteiger partial charge in [-0.1, -0.05) is 6.92 Å². The molecule has 0 aromatic carbocycles. The summed E-state index contributed by atoms with van der Waals surface area (Å²) in [6.45, 7) is 1.98. The fourth-order valence-electron chi connectivity index (χ4n) is 0.118. The first kappa shape index (κ1) is 9.39. The first-order chi connectivity index (χ1) is 2.41. The van der Waals surface area contributed by atoms with Crippen molar-refractivity contribution in [3.8, 4) is 0 Å². The molecule has 0 saturated carbocycles. The zero-order chi connectivity index (χ0) is 4.12. The smallest absolute Gasteiger partial charge is 0.119 e. The second kappa shape index (κ2) is 8.89. The molecule has 0 heterocycles. The summed E-state index contributed by atoms with van der Waals surface area (Å²) in [7, 11) is 0. The molecule has 38 valence electrons. The van der Waals surface area contributed by atoms with Crippen LogP contribution in [0.2, 0.25) is 0 Å². The van der Waals surface area contributed by atoms with E-state index >= 15 is 0 Å². The summed E-state index contributed by atoms with van der Waals surface area (Å²) < 4.78 is 0. The van der Waals surface area contributed by atoms with Crippen molar-refractivity contribution < 1.29 is 4.79 Å². The maximum Gasteiger partial charge on any atom is 0.119 e. The summed E-state index contributed by atoms with van der Waals surface area (Å²) in [5, 5.41) is 0. The van der Waals surface area contributed by atoms with E-state index in [1.165, 1.54) is 0 Å². The van der Waals surface area contributed by atoms with E-state index in [-0.39, 0.29) is 13.5 Å². The van der Waals surface area contributed by atoms with Gasteiger partial charge >= 0.3 is 0 Å². The predicted octanol–water partition coefficient (Wildman–Crippen LogP) is 1.10. The number of carbonyl (C=O) groups is 1. The lowest BCUT2D eigenvalue weighted by Crippen LogP contribution is -1.64. The SMILES string of the molecule is CCCC=O.S. The van der Waals surface area contributed by atoms with Crippen LogP contribution in [0.15, 0.2) is 0 Å². The summed E-state index contributed by atoms with van der Waals surface area (Å²) in [5.41, 5.74) is 0. The van der Waals surface area contributed by atoms with Crippen molar-refractivity contribution in [2.24, 2.45) is 0 Å². The van der Waals surface area contributed by atoms with Crippen molar-refractivity contribution in [1.82, 2.24) is 0 Å². The number of rotatable bonds is 2. The lowest BCUT2D eigenvalue weighted by Gasteiger charge is -1.68. The summed E-state index contributed by atoms with van der Waals surface area (Å²) >= 11 is 0. The highest BCUT2D eigenvalue weighted by molar-refractivity contribution is 7.59. The minimum atomic E-state index is 0. The van der Waals surface area contributed by atoms with E-state index in [2.05, 4.69) is 0 Å². The number of carbonyl (C=O) groups excluding carboxylic acids is 1. The predicted molar refractivity (Wildman–Crippen MR) is 31.4 cm³/mol. The van der Waals surface area contributed by atoms with Crippen molar-refractivity contribution in [3.05, 3.63) is 0 Å². The monoisotopic (exact) mass is 106 g/mol. The van der Waals surface area contributed by atoms with Crippen LogP contribution in [0.3, 0.4) is 0 Å². The topological polar surface area (TPSA) is 17.1 Å². The van der Waals surface area contributed by atoms with E-state index in [9.17, 15) is 4.79 Å². The Kier molecular flexibility index (Phi) is 13.9. The van der Waals surface area contributed by atoms with Crippen molar-refractivity contribution >= 4 is 19.8 Å². The Hall–Kier alpha value is 0.0200. The molecule has 0 aliphatic rings. The molecule has 0 aliphatic heterocycles. The molecule has 0 aliphatic carbocycles. The molecule has 0 atom stereocenters. The van der Waals surface area contributed by atoms with Gasteiger partial charge in [0.05, 0.1) is 0 Å². The molecule has 0 radical (unpaired) electrons. The average molecular weight is 106 g/mol. The molecule has 0 saturated heterocycles. The second-order valence-electron chi connectivity index (χ2n) is 0.955. The van der Waals surface area contributed by atoms with Gasteiger partial charge in [0.1, 0.15) is 6.29 Å². The van der Waals surface area contributed by atoms with Crippen LogP contribution in [0.5, 0.6) is 0 Å². The fourth-order valence-corrected chi connectivity index (χ4v) is 0.118. The second-order valence-corrected chi connectivity index (χ2v) is 0.955. The highest BCUT2D eigenvalue weighted by atomic mass is 32.1. The molecule has 0 bridgehead atoms. The Morgan fingerprint density at radius 1 is 1.67 bits per heavy atom. The Bertz CT molecular complexity index is 28.7. The first-order valence-corrected chi connectivity index (χ1v) is 1.85. The minimum absolute atomic E-state index is 0. The highest BCUT2D eigenvalue weighted by Gasteiger charge is 1.66.